The third-order valence-electron chi connectivity index (χ3n) is 7.04. The molecule has 7 nitrogen and oxygen atoms in total. The van der Waals surface area contributed by atoms with Crippen LogP contribution in [0, 0.1) is 13.8 Å². The third-order valence-corrected chi connectivity index (χ3v) is 7.04. The van der Waals surface area contributed by atoms with Crippen LogP contribution < -0.4 is 10.1 Å². The number of ether oxygens (including phenoxy) is 1. The topological polar surface area (TPSA) is 80.6 Å². The van der Waals surface area contributed by atoms with Gasteiger partial charge in [0, 0.05) is 29.1 Å². The van der Waals surface area contributed by atoms with Crippen molar-refractivity contribution in [2.45, 2.75) is 38.6 Å². The molecule has 1 aliphatic heterocycles. The number of hydrogen-bond acceptors (Lipinski definition) is 4. The number of methoxy groups -OCH3 is 1. The van der Waals surface area contributed by atoms with E-state index < -0.39 is 11.6 Å². The van der Waals surface area contributed by atoms with Crippen LogP contribution in [0.15, 0.2) is 54.6 Å². The standard InChI is InChI=1S/C27H27N3O4/c1-17-14-23(18(2)30(17)21-8-10-22(34-3)11-9-21)24(31)16-29-25(32)27(28-26(29)33)13-12-19-6-4-5-7-20(19)15-27/h4-11,14H,12-13,15-16H2,1-3H3,(H,28,33). The number of hydrogen-bond donors (Lipinski definition) is 1. The fourth-order valence-corrected chi connectivity index (χ4v) is 5.25. The average molecular weight is 458 g/mol. The number of rotatable bonds is 5. The monoisotopic (exact) mass is 457 g/mol. The summed E-state index contributed by atoms with van der Waals surface area (Å²) >= 11 is 0. The Morgan fingerprint density at radius 2 is 1.76 bits per heavy atom. The number of carbonyl (C=O) groups is 3. The van der Waals surface area contributed by atoms with Gasteiger partial charge in [-0.05, 0) is 68.1 Å². The van der Waals surface area contributed by atoms with Gasteiger partial charge in [0.25, 0.3) is 5.91 Å². The molecule has 1 aromatic heterocycles. The summed E-state index contributed by atoms with van der Waals surface area (Å²) in [5, 5.41) is 2.90. The highest BCUT2D eigenvalue weighted by Gasteiger charge is 2.52. The summed E-state index contributed by atoms with van der Waals surface area (Å²) in [4.78, 5) is 40.5. The van der Waals surface area contributed by atoms with Crippen LogP contribution in [0.25, 0.3) is 5.69 Å². The van der Waals surface area contributed by atoms with E-state index in [0.29, 0.717) is 24.8 Å². The van der Waals surface area contributed by atoms with Crippen molar-refractivity contribution in [3.8, 4) is 11.4 Å². The van der Waals surface area contributed by atoms with Crippen LogP contribution in [0.4, 0.5) is 4.79 Å². The van der Waals surface area contributed by atoms with Crippen LogP contribution in [-0.4, -0.2) is 46.4 Å². The summed E-state index contributed by atoms with van der Waals surface area (Å²) in [6, 6.07) is 16.9. The maximum Gasteiger partial charge on any atom is 0.325 e. The summed E-state index contributed by atoms with van der Waals surface area (Å²) in [5.74, 6) is 0.175. The summed E-state index contributed by atoms with van der Waals surface area (Å²) in [6.45, 7) is 3.52. The number of urea groups is 1. The lowest BCUT2D eigenvalue weighted by molar-refractivity contribution is -0.131. The van der Waals surface area contributed by atoms with E-state index in [-0.39, 0.29) is 18.2 Å². The van der Waals surface area contributed by atoms with Gasteiger partial charge in [-0.25, -0.2) is 4.79 Å². The highest BCUT2D eigenvalue weighted by Crippen LogP contribution is 2.34. The second-order valence-electron chi connectivity index (χ2n) is 9.09. The molecule has 2 aliphatic rings. The van der Waals surface area contributed by atoms with Crippen molar-refractivity contribution in [1.29, 1.82) is 0 Å². The first-order valence-electron chi connectivity index (χ1n) is 11.4. The number of amides is 3. The molecule has 1 N–H and O–H groups in total. The number of fused-ring (bicyclic) bond motifs is 1. The highest BCUT2D eigenvalue weighted by molar-refractivity contribution is 6.11. The van der Waals surface area contributed by atoms with Gasteiger partial charge >= 0.3 is 6.03 Å². The van der Waals surface area contributed by atoms with Crippen molar-refractivity contribution < 1.29 is 19.1 Å². The summed E-state index contributed by atoms with van der Waals surface area (Å²) in [6.07, 6.45) is 1.70. The zero-order chi connectivity index (χ0) is 24.0. The number of ketones is 1. The first kappa shape index (κ1) is 21.9. The van der Waals surface area contributed by atoms with Gasteiger partial charge in [0.15, 0.2) is 5.78 Å². The third kappa shape index (κ3) is 3.48. The van der Waals surface area contributed by atoms with Crippen molar-refractivity contribution in [2.75, 3.05) is 13.7 Å². The van der Waals surface area contributed by atoms with E-state index in [2.05, 4.69) is 11.4 Å². The second-order valence-corrected chi connectivity index (χ2v) is 9.09. The normalized spacial score (nSPS) is 19.3. The lowest BCUT2D eigenvalue weighted by atomic mass is 9.78. The largest absolute Gasteiger partial charge is 0.497 e. The van der Waals surface area contributed by atoms with E-state index in [1.165, 1.54) is 5.56 Å². The molecule has 1 atom stereocenters. The first-order valence-corrected chi connectivity index (χ1v) is 11.4. The first-order chi connectivity index (χ1) is 16.3. The van der Waals surface area contributed by atoms with Crippen LogP contribution in [0.5, 0.6) is 5.75 Å². The van der Waals surface area contributed by atoms with Crippen LogP contribution in [0.1, 0.15) is 39.3 Å². The van der Waals surface area contributed by atoms with Crippen LogP contribution in [0.3, 0.4) is 0 Å². The fraction of sp³-hybridized carbons (Fsp3) is 0.296. The minimum absolute atomic E-state index is 0.260. The maximum atomic E-state index is 13.4. The van der Waals surface area contributed by atoms with Crippen LogP contribution in [-0.2, 0) is 17.6 Å². The molecule has 1 aliphatic carbocycles. The Morgan fingerprint density at radius 1 is 1.06 bits per heavy atom. The molecule has 2 heterocycles. The van der Waals surface area contributed by atoms with Crippen molar-refractivity contribution in [1.82, 2.24) is 14.8 Å². The molecule has 34 heavy (non-hydrogen) atoms. The molecule has 1 unspecified atom stereocenters. The maximum absolute atomic E-state index is 13.4. The molecule has 7 heteroatoms. The van der Waals surface area contributed by atoms with E-state index in [1.807, 2.05) is 66.9 Å². The number of nitrogens with one attached hydrogen (secondary N) is 1. The molecule has 0 radical (unpaired) electrons. The number of Topliss-reactive ketones (excluding diaryl/α,β-unsaturated/α-hetero) is 1. The molecule has 174 valence electrons. The Hall–Kier alpha value is -3.87. The molecule has 1 spiro atoms. The van der Waals surface area contributed by atoms with Crippen molar-refractivity contribution in [3.63, 3.8) is 0 Å². The number of imide groups is 1. The van der Waals surface area contributed by atoms with Gasteiger partial charge in [0.2, 0.25) is 0 Å². The van der Waals surface area contributed by atoms with Gasteiger partial charge in [-0.15, -0.1) is 0 Å². The second kappa shape index (κ2) is 8.17. The number of carbonyl (C=O) groups excluding carboxylic acids is 3. The minimum atomic E-state index is -0.967. The molecule has 3 aromatic rings. The Kier molecular flexibility index (Phi) is 5.27. The van der Waals surface area contributed by atoms with Gasteiger partial charge in [-0.2, -0.15) is 0 Å². The Morgan fingerprint density at radius 3 is 2.47 bits per heavy atom. The number of aryl methyl sites for hydroxylation is 2. The van der Waals surface area contributed by atoms with Gasteiger partial charge in [0.1, 0.15) is 11.3 Å². The Balaban J connectivity index is 1.38. The molecule has 3 amide bonds. The number of benzene rings is 2. The van der Waals surface area contributed by atoms with Crippen LogP contribution >= 0.6 is 0 Å². The van der Waals surface area contributed by atoms with Gasteiger partial charge in [-0.1, -0.05) is 24.3 Å². The Bertz CT molecular complexity index is 1310. The molecule has 5 rings (SSSR count). The van der Waals surface area contributed by atoms with E-state index in [4.69, 9.17) is 4.74 Å². The lowest BCUT2D eigenvalue weighted by Crippen LogP contribution is -2.51. The molecule has 0 bridgehead atoms. The zero-order valence-corrected chi connectivity index (χ0v) is 19.6. The molecule has 1 fully saturated rings. The summed E-state index contributed by atoms with van der Waals surface area (Å²) in [5.41, 5.74) is 4.37. The minimum Gasteiger partial charge on any atom is -0.497 e. The fourth-order valence-electron chi connectivity index (χ4n) is 5.25. The molecular formula is C27H27N3O4. The molecule has 2 aromatic carbocycles. The van der Waals surface area contributed by atoms with Crippen molar-refractivity contribution in [3.05, 3.63) is 82.7 Å². The van der Waals surface area contributed by atoms with Gasteiger partial charge < -0.3 is 14.6 Å². The average Bonchev–Trinajstić information content (AvgIpc) is 3.26. The smallest absolute Gasteiger partial charge is 0.325 e. The van der Waals surface area contributed by atoms with Crippen LogP contribution in [0.2, 0.25) is 0 Å². The van der Waals surface area contributed by atoms with E-state index in [9.17, 15) is 14.4 Å². The lowest BCUT2D eigenvalue weighted by Gasteiger charge is -2.32. The highest BCUT2D eigenvalue weighted by atomic mass is 16.5. The number of nitrogens with zero attached hydrogens (tertiary/aromatic N) is 2. The Labute approximate surface area is 198 Å². The van der Waals surface area contributed by atoms with Gasteiger partial charge in [-0.3, -0.25) is 14.5 Å². The summed E-state index contributed by atoms with van der Waals surface area (Å²) < 4.78 is 7.22. The number of aromatic nitrogens is 1. The molecule has 1 saturated heterocycles. The zero-order valence-electron chi connectivity index (χ0n) is 19.6. The summed E-state index contributed by atoms with van der Waals surface area (Å²) in [7, 11) is 1.62. The van der Waals surface area contributed by atoms with E-state index >= 15 is 0 Å². The molecule has 0 saturated carbocycles. The molecular weight excluding hydrogens is 430 g/mol. The predicted octanol–water partition coefficient (Wildman–Crippen LogP) is 3.76. The van der Waals surface area contributed by atoms with Crippen molar-refractivity contribution >= 4 is 17.7 Å². The van der Waals surface area contributed by atoms with E-state index in [0.717, 1.165) is 33.3 Å². The quantitative estimate of drug-likeness (QED) is 0.467. The van der Waals surface area contributed by atoms with E-state index in [1.54, 1.807) is 7.11 Å². The predicted molar refractivity (Wildman–Crippen MR) is 128 cm³/mol. The van der Waals surface area contributed by atoms with Gasteiger partial charge in [0.05, 0.1) is 13.7 Å². The SMILES string of the molecule is COc1ccc(-n2c(C)cc(C(=O)CN3C(=O)NC4(CCc5ccccc5C4)C3=O)c2C)cc1. The van der Waals surface area contributed by atoms with Crippen molar-refractivity contribution in [2.24, 2.45) is 0 Å².